The lowest BCUT2D eigenvalue weighted by atomic mass is 9.98. The standard InChI is InChI=1S/C15H12ClNO2S/c1-17-15-12(9-3-2-4-11(16)7-9)13(18)14(19-15)10-5-6-20-8-10/h2-8,14,17H,1H3. The Morgan fingerprint density at radius 2 is 2.20 bits per heavy atom. The second-order valence-electron chi connectivity index (χ2n) is 4.38. The zero-order chi connectivity index (χ0) is 14.1. The number of halogens is 1. The Bertz CT molecular complexity index is 679. The molecule has 0 saturated carbocycles. The zero-order valence-electron chi connectivity index (χ0n) is 10.7. The number of rotatable bonds is 3. The van der Waals surface area contributed by atoms with Crippen molar-refractivity contribution in [1.29, 1.82) is 0 Å². The predicted molar refractivity (Wildman–Crippen MR) is 80.6 cm³/mol. The van der Waals surface area contributed by atoms with Gasteiger partial charge < -0.3 is 10.1 Å². The summed E-state index contributed by atoms with van der Waals surface area (Å²) in [5.74, 6) is 0.448. The maximum absolute atomic E-state index is 12.6. The SMILES string of the molecule is CNC1=C(c2cccc(Cl)c2)C(=O)C(c2ccsc2)O1. The molecule has 3 rings (SSSR count). The molecule has 1 N–H and O–H groups in total. The number of nitrogens with one attached hydrogen (secondary N) is 1. The van der Waals surface area contributed by atoms with Gasteiger partial charge in [-0.05, 0) is 34.5 Å². The van der Waals surface area contributed by atoms with Crippen LogP contribution in [0.5, 0.6) is 0 Å². The Hall–Kier alpha value is -1.78. The summed E-state index contributed by atoms with van der Waals surface area (Å²) in [6.45, 7) is 0. The van der Waals surface area contributed by atoms with E-state index < -0.39 is 6.10 Å². The van der Waals surface area contributed by atoms with Crippen LogP contribution in [0.25, 0.3) is 5.57 Å². The third-order valence-corrected chi connectivity index (χ3v) is 4.07. The van der Waals surface area contributed by atoms with Crippen molar-refractivity contribution in [1.82, 2.24) is 5.32 Å². The number of hydrogen-bond acceptors (Lipinski definition) is 4. The summed E-state index contributed by atoms with van der Waals surface area (Å²) in [4.78, 5) is 12.6. The second kappa shape index (κ2) is 5.31. The van der Waals surface area contributed by atoms with Crippen molar-refractivity contribution in [2.75, 3.05) is 7.05 Å². The lowest BCUT2D eigenvalue weighted by Gasteiger charge is -2.09. The number of thiophene rings is 1. The van der Waals surface area contributed by atoms with Crippen LogP contribution in [0.1, 0.15) is 17.2 Å². The Kier molecular flexibility index (Phi) is 3.51. The minimum Gasteiger partial charge on any atom is -0.462 e. The van der Waals surface area contributed by atoms with E-state index in [0.717, 1.165) is 11.1 Å². The van der Waals surface area contributed by atoms with Gasteiger partial charge >= 0.3 is 0 Å². The van der Waals surface area contributed by atoms with Gasteiger partial charge in [-0.3, -0.25) is 4.79 Å². The van der Waals surface area contributed by atoms with Crippen molar-refractivity contribution in [3.63, 3.8) is 0 Å². The highest BCUT2D eigenvalue weighted by atomic mass is 35.5. The molecule has 0 spiro atoms. The molecule has 102 valence electrons. The highest BCUT2D eigenvalue weighted by Gasteiger charge is 2.36. The fourth-order valence-corrected chi connectivity index (χ4v) is 3.08. The van der Waals surface area contributed by atoms with Crippen LogP contribution >= 0.6 is 22.9 Å². The monoisotopic (exact) mass is 305 g/mol. The first-order valence-corrected chi connectivity index (χ1v) is 7.43. The highest BCUT2D eigenvalue weighted by molar-refractivity contribution is 7.08. The lowest BCUT2D eigenvalue weighted by Crippen LogP contribution is -2.09. The zero-order valence-corrected chi connectivity index (χ0v) is 12.3. The van der Waals surface area contributed by atoms with Gasteiger partial charge in [-0.15, -0.1) is 0 Å². The number of benzene rings is 1. The third kappa shape index (κ3) is 2.21. The molecule has 0 amide bonds. The van der Waals surface area contributed by atoms with Gasteiger partial charge in [0.2, 0.25) is 5.78 Å². The Balaban J connectivity index is 2.02. The van der Waals surface area contributed by atoms with Crippen LogP contribution in [0.2, 0.25) is 5.02 Å². The van der Waals surface area contributed by atoms with E-state index in [1.54, 1.807) is 30.5 Å². The smallest absolute Gasteiger partial charge is 0.213 e. The van der Waals surface area contributed by atoms with Gasteiger partial charge in [-0.2, -0.15) is 11.3 Å². The van der Waals surface area contributed by atoms with Gasteiger partial charge in [0.05, 0.1) is 5.57 Å². The summed E-state index contributed by atoms with van der Waals surface area (Å²) in [5, 5.41) is 7.41. The highest BCUT2D eigenvalue weighted by Crippen LogP contribution is 2.38. The molecule has 1 aliphatic heterocycles. The van der Waals surface area contributed by atoms with Gasteiger partial charge in [0.1, 0.15) is 0 Å². The number of Topliss-reactive ketones (excluding diaryl/α,β-unsaturated/α-hetero) is 1. The Morgan fingerprint density at radius 1 is 1.35 bits per heavy atom. The normalized spacial score (nSPS) is 18.3. The molecule has 0 fully saturated rings. The Morgan fingerprint density at radius 3 is 2.85 bits per heavy atom. The molecule has 1 aliphatic rings. The minimum absolute atomic E-state index is 0.0463. The van der Waals surface area contributed by atoms with E-state index in [1.807, 2.05) is 29.0 Å². The summed E-state index contributed by atoms with van der Waals surface area (Å²) in [6, 6.07) is 9.13. The van der Waals surface area contributed by atoms with Crippen molar-refractivity contribution in [2.24, 2.45) is 0 Å². The molecule has 1 atom stereocenters. The van der Waals surface area contributed by atoms with Crippen molar-refractivity contribution >= 4 is 34.3 Å². The van der Waals surface area contributed by atoms with Crippen molar-refractivity contribution in [2.45, 2.75) is 6.10 Å². The first-order chi connectivity index (χ1) is 9.70. The lowest BCUT2D eigenvalue weighted by molar-refractivity contribution is -0.120. The number of carbonyl (C=O) groups excluding carboxylic acids is 1. The molecule has 0 radical (unpaired) electrons. The van der Waals surface area contributed by atoms with E-state index >= 15 is 0 Å². The van der Waals surface area contributed by atoms with Crippen LogP contribution in [0.15, 0.2) is 47.0 Å². The minimum atomic E-state index is -0.572. The van der Waals surface area contributed by atoms with Crippen LogP contribution in [-0.4, -0.2) is 12.8 Å². The molecule has 5 heteroatoms. The molecule has 1 aromatic heterocycles. The number of hydrogen-bond donors (Lipinski definition) is 1. The molecule has 2 aromatic rings. The molecule has 1 unspecified atom stereocenters. The molecule has 3 nitrogen and oxygen atoms in total. The molecule has 20 heavy (non-hydrogen) atoms. The summed E-state index contributed by atoms with van der Waals surface area (Å²) in [6.07, 6.45) is -0.572. The molecule has 2 heterocycles. The van der Waals surface area contributed by atoms with Gasteiger partial charge in [-0.1, -0.05) is 23.7 Å². The van der Waals surface area contributed by atoms with Crippen LogP contribution in [0, 0.1) is 0 Å². The predicted octanol–water partition coefficient (Wildman–Crippen LogP) is 3.63. The van der Waals surface area contributed by atoms with Crippen LogP contribution < -0.4 is 5.32 Å². The molecule has 0 aliphatic carbocycles. The molecule has 0 saturated heterocycles. The van der Waals surface area contributed by atoms with E-state index in [4.69, 9.17) is 16.3 Å². The number of ether oxygens (including phenoxy) is 1. The number of ketones is 1. The first-order valence-electron chi connectivity index (χ1n) is 6.11. The average Bonchev–Trinajstić information content (AvgIpc) is 3.05. The van der Waals surface area contributed by atoms with Crippen LogP contribution in [0.3, 0.4) is 0 Å². The molecule has 0 bridgehead atoms. The van der Waals surface area contributed by atoms with Crippen molar-refractivity contribution in [3.8, 4) is 0 Å². The summed E-state index contributed by atoms with van der Waals surface area (Å²) in [5.41, 5.74) is 2.19. The van der Waals surface area contributed by atoms with Crippen LogP contribution in [0.4, 0.5) is 0 Å². The maximum Gasteiger partial charge on any atom is 0.213 e. The van der Waals surface area contributed by atoms with Crippen LogP contribution in [-0.2, 0) is 9.53 Å². The molecular weight excluding hydrogens is 294 g/mol. The van der Waals surface area contributed by atoms with E-state index in [-0.39, 0.29) is 5.78 Å². The second-order valence-corrected chi connectivity index (χ2v) is 5.60. The fraction of sp³-hybridized carbons (Fsp3) is 0.133. The van der Waals surface area contributed by atoms with Gasteiger partial charge in [0.15, 0.2) is 12.0 Å². The summed E-state index contributed by atoms with van der Waals surface area (Å²) in [7, 11) is 1.74. The van der Waals surface area contributed by atoms with Gasteiger partial charge in [0.25, 0.3) is 0 Å². The largest absolute Gasteiger partial charge is 0.462 e. The molecular formula is C15H12ClNO2S. The van der Waals surface area contributed by atoms with Crippen molar-refractivity contribution in [3.05, 3.63) is 63.1 Å². The average molecular weight is 306 g/mol. The van der Waals surface area contributed by atoms with Crippen molar-refractivity contribution < 1.29 is 9.53 Å². The maximum atomic E-state index is 12.6. The molecule has 1 aromatic carbocycles. The quantitative estimate of drug-likeness (QED) is 0.941. The first kappa shape index (κ1) is 13.2. The topological polar surface area (TPSA) is 38.3 Å². The summed E-state index contributed by atoms with van der Waals surface area (Å²) < 4.78 is 5.76. The Labute approximate surface area is 125 Å². The van der Waals surface area contributed by atoms with E-state index in [9.17, 15) is 4.79 Å². The van der Waals surface area contributed by atoms with Gasteiger partial charge in [0, 0.05) is 17.6 Å². The fourth-order valence-electron chi connectivity index (χ4n) is 2.22. The summed E-state index contributed by atoms with van der Waals surface area (Å²) >= 11 is 7.55. The van der Waals surface area contributed by atoms with E-state index in [1.165, 1.54) is 0 Å². The van der Waals surface area contributed by atoms with Gasteiger partial charge in [-0.25, -0.2) is 0 Å². The van der Waals surface area contributed by atoms with E-state index in [2.05, 4.69) is 5.32 Å². The van der Waals surface area contributed by atoms with E-state index in [0.29, 0.717) is 16.5 Å². The third-order valence-electron chi connectivity index (χ3n) is 3.13. The number of carbonyl (C=O) groups is 1.